The number of rotatable bonds is 5. The standard InChI is InChI=1S/C12H17N3O2/c1-3-5-15-8-9(14)6-11(15)12(16)17-10(4-2)7-13/h6,8,10H,3-5,14H2,1-2H3. The zero-order chi connectivity index (χ0) is 12.8. The van der Waals surface area contributed by atoms with Crippen molar-refractivity contribution in [1.29, 1.82) is 5.26 Å². The summed E-state index contributed by atoms with van der Waals surface area (Å²) in [4.78, 5) is 11.8. The van der Waals surface area contributed by atoms with E-state index < -0.39 is 12.1 Å². The fraction of sp³-hybridized carbons (Fsp3) is 0.500. The number of hydrogen-bond acceptors (Lipinski definition) is 4. The van der Waals surface area contributed by atoms with Crippen LogP contribution < -0.4 is 5.73 Å². The monoisotopic (exact) mass is 235 g/mol. The van der Waals surface area contributed by atoms with Gasteiger partial charge in [0.2, 0.25) is 0 Å². The maximum absolute atomic E-state index is 11.8. The smallest absolute Gasteiger partial charge is 0.356 e. The molecule has 0 aliphatic rings. The van der Waals surface area contributed by atoms with Gasteiger partial charge in [-0.05, 0) is 18.9 Å². The summed E-state index contributed by atoms with van der Waals surface area (Å²) in [7, 11) is 0. The number of nitrogen functional groups attached to an aromatic ring is 1. The topological polar surface area (TPSA) is 81.0 Å². The molecule has 0 fully saturated rings. The van der Waals surface area contributed by atoms with Crippen molar-refractivity contribution in [2.75, 3.05) is 5.73 Å². The Labute approximate surface area is 101 Å². The van der Waals surface area contributed by atoms with Crippen LogP contribution in [0.15, 0.2) is 12.3 Å². The predicted octanol–water partition coefficient (Wildman–Crippen LogP) is 1.94. The maximum atomic E-state index is 11.8. The van der Waals surface area contributed by atoms with Crippen molar-refractivity contribution >= 4 is 11.7 Å². The zero-order valence-electron chi connectivity index (χ0n) is 10.1. The lowest BCUT2D eigenvalue weighted by Gasteiger charge is -2.10. The van der Waals surface area contributed by atoms with Crippen molar-refractivity contribution in [2.24, 2.45) is 0 Å². The van der Waals surface area contributed by atoms with E-state index in [0.717, 1.165) is 6.42 Å². The summed E-state index contributed by atoms with van der Waals surface area (Å²) in [5.41, 5.74) is 6.57. The quantitative estimate of drug-likeness (QED) is 0.791. The van der Waals surface area contributed by atoms with Crippen LogP contribution in [0.3, 0.4) is 0 Å². The van der Waals surface area contributed by atoms with Gasteiger partial charge in [-0.15, -0.1) is 0 Å². The number of ether oxygens (including phenoxy) is 1. The van der Waals surface area contributed by atoms with Gasteiger partial charge < -0.3 is 15.0 Å². The first-order valence-electron chi connectivity index (χ1n) is 5.68. The van der Waals surface area contributed by atoms with E-state index in [4.69, 9.17) is 15.7 Å². The van der Waals surface area contributed by atoms with Crippen LogP contribution in [0.2, 0.25) is 0 Å². The molecule has 0 aliphatic carbocycles. The summed E-state index contributed by atoms with van der Waals surface area (Å²) in [6, 6.07) is 3.50. The van der Waals surface area contributed by atoms with Crippen LogP contribution in [-0.4, -0.2) is 16.6 Å². The first-order chi connectivity index (χ1) is 8.12. The van der Waals surface area contributed by atoms with Crippen LogP contribution in [0.1, 0.15) is 37.2 Å². The Hall–Kier alpha value is -1.96. The molecule has 0 saturated carbocycles. The van der Waals surface area contributed by atoms with Crippen LogP contribution in [0, 0.1) is 11.3 Å². The minimum atomic E-state index is -0.700. The van der Waals surface area contributed by atoms with Crippen molar-refractivity contribution in [1.82, 2.24) is 4.57 Å². The highest BCUT2D eigenvalue weighted by Crippen LogP contribution is 2.14. The molecule has 0 aliphatic heterocycles. The SMILES string of the molecule is CCCn1cc(N)cc1C(=O)OC(C#N)CC. The second-order valence-electron chi connectivity index (χ2n) is 3.78. The summed E-state index contributed by atoms with van der Waals surface area (Å²) in [6.45, 7) is 4.50. The summed E-state index contributed by atoms with van der Waals surface area (Å²) in [6.07, 6.45) is 2.37. The molecule has 1 unspecified atom stereocenters. The molecule has 5 nitrogen and oxygen atoms in total. The molecule has 1 rings (SSSR count). The van der Waals surface area contributed by atoms with Crippen LogP contribution in [0.25, 0.3) is 0 Å². The molecule has 1 aromatic heterocycles. The van der Waals surface area contributed by atoms with Gasteiger partial charge in [-0.25, -0.2) is 4.79 Å². The first kappa shape index (κ1) is 13.1. The van der Waals surface area contributed by atoms with Gasteiger partial charge in [0.1, 0.15) is 11.8 Å². The van der Waals surface area contributed by atoms with E-state index in [1.807, 2.05) is 13.0 Å². The second kappa shape index (κ2) is 5.94. The van der Waals surface area contributed by atoms with Crippen LogP contribution in [-0.2, 0) is 11.3 Å². The Morgan fingerprint density at radius 3 is 2.88 bits per heavy atom. The van der Waals surface area contributed by atoms with E-state index in [1.165, 1.54) is 0 Å². The molecule has 1 atom stereocenters. The average molecular weight is 235 g/mol. The third-order valence-corrected chi connectivity index (χ3v) is 2.36. The van der Waals surface area contributed by atoms with Gasteiger partial charge in [0.25, 0.3) is 0 Å². The lowest BCUT2D eigenvalue weighted by Crippen LogP contribution is -2.18. The van der Waals surface area contributed by atoms with Gasteiger partial charge in [-0.1, -0.05) is 13.8 Å². The molecule has 0 amide bonds. The highest BCUT2D eigenvalue weighted by molar-refractivity contribution is 5.89. The van der Waals surface area contributed by atoms with Gasteiger partial charge in [0, 0.05) is 12.7 Å². The molecule has 0 bridgehead atoms. The summed E-state index contributed by atoms with van der Waals surface area (Å²) < 4.78 is 6.81. The normalized spacial score (nSPS) is 11.8. The number of nitriles is 1. The van der Waals surface area contributed by atoms with E-state index >= 15 is 0 Å². The third kappa shape index (κ3) is 3.25. The molecule has 5 heteroatoms. The number of nitrogens with zero attached hydrogens (tertiary/aromatic N) is 2. The Bertz CT molecular complexity index is 431. The Morgan fingerprint density at radius 2 is 2.35 bits per heavy atom. The van der Waals surface area contributed by atoms with Crippen LogP contribution in [0.4, 0.5) is 5.69 Å². The molecule has 1 heterocycles. The lowest BCUT2D eigenvalue weighted by molar-refractivity contribution is 0.0388. The molecule has 0 radical (unpaired) electrons. The fourth-order valence-electron chi connectivity index (χ4n) is 1.52. The van der Waals surface area contributed by atoms with Gasteiger partial charge >= 0.3 is 5.97 Å². The summed E-state index contributed by atoms with van der Waals surface area (Å²) in [5.74, 6) is -0.497. The number of esters is 1. The van der Waals surface area contributed by atoms with E-state index in [-0.39, 0.29) is 0 Å². The molecule has 17 heavy (non-hydrogen) atoms. The molecule has 2 N–H and O–H groups in total. The highest BCUT2D eigenvalue weighted by Gasteiger charge is 2.17. The minimum Gasteiger partial charge on any atom is -0.442 e. The maximum Gasteiger partial charge on any atom is 0.356 e. The highest BCUT2D eigenvalue weighted by atomic mass is 16.5. The number of carbonyl (C=O) groups excluding carboxylic acids is 1. The molecule has 0 spiro atoms. The van der Waals surface area contributed by atoms with Gasteiger partial charge in [-0.2, -0.15) is 5.26 Å². The minimum absolute atomic E-state index is 0.401. The molecular formula is C12H17N3O2. The predicted molar refractivity (Wildman–Crippen MR) is 64.2 cm³/mol. The van der Waals surface area contributed by atoms with Crippen molar-refractivity contribution in [3.8, 4) is 6.07 Å². The average Bonchev–Trinajstić information content (AvgIpc) is 2.67. The number of aryl methyl sites for hydroxylation is 1. The zero-order valence-corrected chi connectivity index (χ0v) is 10.1. The summed E-state index contributed by atoms with van der Waals surface area (Å²) >= 11 is 0. The Morgan fingerprint density at radius 1 is 1.65 bits per heavy atom. The number of hydrogen-bond donors (Lipinski definition) is 1. The van der Waals surface area contributed by atoms with E-state index in [0.29, 0.717) is 24.3 Å². The molecule has 1 aromatic rings. The van der Waals surface area contributed by atoms with Gasteiger partial charge in [-0.3, -0.25) is 0 Å². The van der Waals surface area contributed by atoms with Crippen molar-refractivity contribution in [2.45, 2.75) is 39.3 Å². The Kier molecular flexibility index (Phi) is 4.58. The number of carbonyl (C=O) groups is 1. The van der Waals surface area contributed by atoms with E-state index in [9.17, 15) is 4.79 Å². The van der Waals surface area contributed by atoms with Crippen LogP contribution >= 0.6 is 0 Å². The molecule has 92 valence electrons. The third-order valence-electron chi connectivity index (χ3n) is 2.36. The van der Waals surface area contributed by atoms with Crippen LogP contribution in [0.5, 0.6) is 0 Å². The number of nitrogens with two attached hydrogens (primary N) is 1. The second-order valence-corrected chi connectivity index (χ2v) is 3.78. The number of aromatic nitrogens is 1. The molecule has 0 aromatic carbocycles. The van der Waals surface area contributed by atoms with E-state index in [2.05, 4.69) is 0 Å². The van der Waals surface area contributed by atoms with Gasteiger partial charge in [0.05, 0.1) is 5.69 Å². The van der Waals surface area contributed by atoms with Gasteiger partial charge in [0.15, 0.2) is 6.10 Å². The largest absolute Gasteiger partial charge is 0.442 e. The number of anilines is 1. The molecular weight excluding hydrogens is 218 g/mol. The van der Waals surface area contributed by atoms with E-state index in [1.54, 1.807) is 23.8 Å². The van der Waals surface area contributed by atoms with Crippen molar-refractivity contribution in [3.63, 3.8) is 0 Å². The first-order valence-corrected chi connectivity index (χ1v) is 5.68. The summed E-state index contributed by atoms with van der Waals surface area (Å²) in [5, 5.41) is 8.74. The fourth-order valence-corrected chi connectivity index (χ4v) is 1.52. The molecule has 0 saturated heterocycles. The van der Waals surface area contributed by atoms with Crippen molar-refractivity contribution in [3.05, 3.63) is 18.0 Å². The lowest BCUT2D eigenvalue weighted by atomic mass is 10.3. The Balaban J connectivity index is 2.84. The van der Waals surface area contributed by atoms with Crippen molar-refractivity contribution < 1.29 is 9.53 Å².